The lowest BCUT2D eigenvalue weighted by atomic mass is 9.92. The van der Waals surface area contributed by atoms with Crippen LogP contribution in [0.5, 0.6) is 0 Å². The van der Waals surface area contributed by atoms with E-state index in [0.717, 1.165) is 32.5 Å². The van der Waals surface area contributed by atoms with Crippen molar-refractivity contribution in [2.24, 2.45) is 0 Å². The second-order valence-corrected chi connectivity index (χ2v) is 4.69. The van der Waals surface area contributed by atoms with Crippen LogP contribution in [0.4, 0.5) is 0 Å². The molecule has 1 N–H and O–H groups in total. The van der Waals surface area contributed by atoms with Gasteiger partial charge in [-0.1, -0.05) is 0 Å². The number of ether oxygens (including phenoxy) is 2. The van der Waals surface area contributed by atoms with E-state index in [-0.39, 0.29) is 5.97 Å². The van der Waals surface area contributed by atoms with E-state index in [9.17, 15) is 4.79 Å². The van der Waals surface area contributed by atoms with Gasteiger partial charge in [-0.3, -0.25) is 5.32 Å². The molecule has 1 saturated heterocycles. The van der Waals surface area contributed by atoms with Gasteiger partial charge in [-0.05, 0) is 33.9 Å². The van der Waals surface area contributed by atoms with Gasteiger partial charge >= 0.3 is 5.97 Å². The van der Waals surface area contributed by atoms with E-state index < -0.39 is 5.54 Å². The molecule has 1 rings (SSSR count). The van der Waals surface area contributed by atoms with Crippen molar-refractivity contribution in [1.29, 1.82) is 0 Å². The summed E-state index contributed by atoms with van der Waals surface area (Å²) in [6.07, 6.45) is 1.69. The minimum absolute atomic E-state index is 0.182. The van der Waals surface area contributed by atoms with Crippen molar-refractivity contribution in [2.45, 2.75) is 25.3 Å². The quantitative estimate of drug-likeness (QED) is 0.679. The Bertz CT molecular complexity index is 238. The zero-order valence-electron chi connectivity index (χ0n) is 11.1. The first-order valence-electron chi connectivity index (χ1n) is 6.25. The third kappa shape index (κ3) is 4.26. The molecular formula is C12H24N2O3. The maximum atomic E-state index is 12.0. The Morgan fingerprint density at radius 2 is 2.29 bits per heavy atom. The summed E-state index contributed by atoms with van der Waals surface area (Å²) in [5.74, 6) is -0.182. The molecule has 0 aromatic heterocycles. The number of carbonyl (C=O) groups is 1. The fourth-order valence-electron chi connectivity index (χ4n) is 1.96. The van der Waals surface area contributed by atoms with Crippen LogP contribution in [-0.4, -0.2) is 63.4 Å². The highest BCUT2D eigenvalue weighted by atomic mass is 16.5. The molecule has 0 amide bonds. The molecule has 1 fully saturated rings. The Labute approximate surface area is 103 Å². The maximum Gasteiger partial charge on any atom is 0.328 e. The monoisotopic (exact) mass is 244 g/mol. The first kappa shape index (κ1) is 14.4. The minimum Gasteiger partial charge on any atom is -0.465 e. The van der Waals surface area contributed by atoms with Gasteiger partial charge in [-0.25, -0.2) is 4.79 Å². The third-order valence-corrected chi connectivity index (χ3v) is 2.93. The van der Waals surface area contributed by atoms with Gasteiger partial charge in [0.25, 0.3) is 0 Å². The largest absolute Gasteiger partial charge is 0.465 e. The van der Waals surface area contributed by atoms with Crippen molar-refractivity contribution >= 4 is 5.97 Å². The van der Waals surface area contributed by atoms with Gasteiger partial charge in [0.15, 0.2) is 0 Å². The van der Waals surface area contributed by atoms with Gasteiger partial charge in [-0.15, -0.1) is 0 Å². The Morgan fingerprint density at radius 3 is 2.82 bits per heavy atom. The van der Waals surface area contributed by atoms with Gasteiger partial charge in [0.05, 0.1) is 13.2 Å². The zero-order valence-corrected chi connectivity index (χ0v) is 11.1. The summed E-state index contributed by atoms with van der Waals surface area (Å²) in [5, 5.41) is 3.31. The highest BCUT2D eigenvalue weighted by Crippen LogP contribution is 2.20. The molecule has 1 aliphatic rings. The lowest BCUT2D eigenvalue weighted by molar-refractivity contribution is -0.157. The van der Waals surface area contributed by atoms with E-state index in [1.165, 1.54) is 0 Å². The number of likely N-dealkylation sites (N-methyl/N-ethyl adjacent to an activating group) is 1. The van der Waals surface area contributed by atoms with E-state index >= 15 is 0 Å². The molecule has 1 aliphatic heterocycles. The number of nitrogens with zero attached hydrogens (tertiary/aromatic N) is 1. The molecule has 5 nitrogen and oxygen atoms in total. The summed E-state index contributed by atoms with van der Waals surface area (Å²) in [6.45, 7) is 5.04. The molecule has 1 atom stereocenters. The molecule has 100 valence electrons. The van der Waals surface area contributed by atoms with Crippen LogP contribution in [0.15, 0.2) is 0 Å². The molecule has 0 aromatic rings. The fraction of sp³-hybridized carbons (Fsp3) is 0.917. The van der Waals surface area contributed by atoms with Crippen LogP contribution in [0.25, 0.3) is 0 Å². The summed E-state index contributed by atoms with van der Waals surface area (Å²) >= 11 is 0. The summed E-state index contributed by atoms with van der Waals surface area (Å²) in [7, 11) is 4.02. The Hall–Kier alpha value is -0.650. The predicted molar refractivity (Wildman–Crippen MR) is 66.0 cm³/mol. The Balaban J connectivity index is 2.55. The van der Waals surface area contributed by atoms with Crippen molar-refractivity contribution < 1.29 is 14.3 Å². The van der Waals surface area contributed by atoms with Crippen LogP contribution in [0.2, 0.25) is 0 Å². The predicted octanol–water partition coefficient (Wildman–Crippen LogP) is 0.250. The molecule has 0 saturated carbocycles. The fourth-order valence-corrected chi connectivity index (χ4v) is 1.96. The molecule has 0 aromatic carbocycles. The zero-order chi connectivity index (χ0) is 12.7. The average molecular weight is 244 g/mol. The van der Waals surface area contributed by atoms with Crippen molar-refractivity contribution in [2.75, 3.05) is 47.0 Å². The van der Waals surface area contributed by atoms with Crippen LogP contribution in [-0.2, 0) is 14.3 Å². The smallest absolute Gasteiger partial charge is 0.328 e. The molecule has 17 heavy (non-hydrogen) atoms. The van der Waals surface area contributed by atoms with Gasteiger partial charge in [0.2, 0.25) is 0 Å². The first-order chi connectivity index (χ1) is 8.10. The average Bonchev–Trinajstić information content (AvgIpc) is 2.30. The van der Waals surface area contributed by atoms with E-state index in [4.69, 9.17) is 9.47 Å². The van der Waals surface area contributed by atoms with Crippen molar-refractivity contribution in [1.82, 2.24) is 10.2 Å². The summed E-state index contributed by atoms with van der Waals surface area (Å²) in [6, 6.07) is 0. The second-order valence-electron chi connectivity index (χ2n) is 4.69. The highest BCUT2D eigenvalue weighted by molar-refractivity contribution is 5.81. The minimum atomic E-state index is -0.635. The van der Waals surface area contributed by atoms with Gasteiger partial charge in [0, 0.05) is 19.7 Å². The van der Waals surface area contributed by atoms with Gasteiger partial charge in [0.1, 0.15) is 5.54 Å². The third-order valence-electron chi connectivity index (χ3n) is 2.93. The van der Waals surface area contributed by atoms with Crippen LogP contribution in [0, 0.1) is 0 Å². The number of carbonyl (C=O) groups excluding carboxylic acids is 1. The van der Waals surface area contributed by atoms with Crippen molar-refractivity contribution in [3.63, 3.8) is 0 Å². The van der Waals surface area contributed by atoms with E-state index in [0.29, 0.717) is 13.2 Å². The van der Waals surface area contributed by atoms with E-state index in [1.54, 1.807) is 0 Å². The molecular weight excluding hydrogens is 220 g/mol. The van der Waals surface area contributed by atoms with Crippen molar-refractivity contribution in [3.05, 3.63) is 0 Å². The number of hydrogen-bond acceptors (Lipinski definition) is 5. The molecule has 0 bridgehead atoms. The van der Waals surface area contributed by atoms with E-state index in [1.807, 2.05) is 21.0 Å². The van der Waals surface area contributed by atoms with Crippen LogP contribution in [0.1, 0.15) is 19.8 Å². The second kappa shape index (κ2) is 6.93. The van der Waals surface area contributed by atoms with Gasteiger partial charge in [-0.2, -0.15) is 0 Å². The standard InChI is InChI=1S/C12H24N2O3/c1-4-17-11(15)12(6-5-9-16-10-12)13-7-8-14(2)3/h13H,4-10H2,1-3H3. The lowest BCUT2D eigenvalue weighted by Gasteiger charge is -2.35. The number of rotatable bonds is 6. The highest BCUT2D eigenvalue weighted by Gasteiger charge is 2.41. The SMILES string of the molecule is CCOC(=O)C1(NCCN(C)C)CCCOC1. The van der Waals surface area contributed by atoms with Crippen LogP contribution in [0.3, 0.4) is 0 Å². The van der Waals surface area contributed by atoms with Crippen molar-refractivity contribution in [3.8, 4) is 0 Å². The Kier molecular flexibility index (Phi) is 5.88. The van der Waals surface area contributed by atoms with Crippen LogP contribution >= 0.6 is 0 Å². The molecule has 1 heterocycles. The lowest BCUT2D eigenvalue weighted by Crippen LogP contribution is -2.59. The molecule has 0 spiro atoms. The number of hydrogen-bond donors (Lipinski definition) is 1. The summed E-state index contributed by atoms with van der Waals surface area (Å²) < 4.78 is 10.6. The molecule has 1 unspecified atom stereocenters. The van der Waals surface area contributed by atoms with E-state index in [2.05, 4.69) is 10.2 Å². The molecule has 5 heteroatoms. The normalized spacial score (nSPS) is 24.9. The van der Waals surface area contributed by atoms with Crippen LogP contribution < -0.4 is 5.32 Å². The topological polar surface area (TPSA) is 50.8 Å². The number of esters is 1. The molecule has 0 radical (unpaired) electrons. The Morgan fingerprint density at radius 1 is 1.53 bits per heavy atom. The number of nitrogens with one attached hydrogen (secondary N) is 1. The first-order valence-corrected chi connectivity index (χ1v) is 6.25. The molecule has 0 aliphatic carbocycles. The summed E-state index contributed by atoms with van der Waals surface area (Å²) in [4.78, 5) is 14.1. The summed E-state index contributed by atoms with van der Waals surface area (Å²) in [5.41, 5.74) is -0.635. The van der Waals surface area contributed by atoms with Gasteiger partial charge < -0.3 is 14.4 Å². The maximum absolute atomic E-state index is 12.0.